The molecule has 0 amide bonds. The molecule has 1 aromatic heterocycles. The van der Waals surface area contributed by atoms with E-state index in [1.54, 1.807) is 0 Å². The van der Waals surface area contributed by atoms with Crippen molar-refractivity contribution in [3.8, 4) is 23.1 Å². The van der Waals surface area contributed by atoms with Crippen LogP contribution >= 0.6 is 27.7 Å². The van der Waals surface area contributed by atoms with Crippen LogP contribution in [-0.4, -0.2) is 18.3 Å². The summed E-state index contributed by atoms with van der Waals surface area (Å²) in [4.78, 5) is 4.34. The van der Waals surface area contributed by atoms with Gasteiger partial charge >= 0.3 is 0 Å². The molecule has 1 aromatic carbocycles. The molecule has 2 aromatic rings. The Hall–Kier alpha value is -1.51. The average Bonchev–Trinajstić information content (AvgIpc) is 2.47. The van der Waals surface area contributed by atoms with Gasteiger partial charge in [0.15, 0.2) is 0 Å². The minimum atomic E-state index is 0.355. The van der Waals surface area contributed by atoms with Crippen LogP contribution in [0.3, 0.4) is 0 Å². The van der Waals surface area contributed by atoms with Gasteiger partial charge in [-0.25, -0.2) is 4.98 Å². The van der Waals surface area contributed by atoms with Crippen LogP contribution in [0.4, 0.5) is 0 Å². The van der Waals surface area contributed by atoms with Gasteiger partial charge in [-0.2, -0.15) is 5.26 Å². The number of hydrogen-bond donors (Lipinski definition) is 0. The molecule has 2 rings (SSSR count). The number of methoxy groups -OCH3 is 1. The van der Waals surface area contributed by atoms with Crippen LogP contribution in [0.25, 0.3) is 11.1 Å². The first-order valence-corrected chi connectivity index (χ1v) is 7.51. The summed E-state index contributed by atoms with van der Waals surface area (Å²) in [6, 6.07) is 11.9. The Morgan fingerprint density at radius 1 is 1.32 bits per heavy atom. The Kier molecular flexibility index (Phi) is 4.46. The molecule has 0 aliphatic rings. The Bertz CT molecular complexity index is 638. The minimum absolute atomic E-state index is 0.355. The van der Waals surface area contributed by atoms with Crippen molar-refractivity contribution in [1.82, 2.24) is 4.98 Å². The number of hydrogen-bond acceptors (Lipinski definition) is 4. The molecule has 0 bridgehead atoms. The molecule has 0 saturated heterocycles. The summed E-state index contributed by atoms with van der Waals surface area (Å²) in [6.45, 7) is 0. The number of nitrogens with zero attached hydrogens (tertiary/aromatic N) is 2. The number of ether oxygens (including phenoxy) is 1. The maximum atomic E-state index is 9.38. The van der Waals surface area contributed by atoms with Gasteiger partial charge in [0, 0.05) is 5.56 Å². The Balaban J connectivity index is 2.81. The standard InChI is InChI=1S/C14H11BrN2OS/c1-18-13-10(8-16)11(9-6-4-3-5-7-9)12(15)14(17-13)19-2/h3-7H,1-2H3. The van der Waals surface area contributed by atoms with E-state index in [0.29, 0.717) is 11.4 Å². The quantitative estimate of drug-likeness (QED) is 0.792. The smallest absolute Gasteiger partial charge is 0.233 e. The molecule has 1 heterocycles. The number of thioether (sulfide) groups is 1. The van der Waals surface area contributed by atoms with Crippen LogP contribution in [0.5, 0.6) is 5.88 Å². The summed E-state index contributed by atoms with van der Waals surface area (Å²) in [7, 11) is 1.52. The topological polar surface area (TPSA) is 45.9 Å². The lowest BCUT2D eigenvalue weighted by atomic mass is 10.0. The molecule has 0 atom stereocenters. The van der Waals surface area contributed by atoms with E-state index in [4.69, 9.17) is 4.74 Å². The predicted molar refractivity (Wildman–Crippen MR) is 80.4 cm³/mol. The van der Waals surface area contributed by atoms with Gasteiger partial charge in [-0.1, -0.05) is 30.3 Å². The molecule has 0 fully saturated rings. The summed E-state index contributed by atoms with van der Waals surface area (Å²) in [5.74, 6) is 0.355. The number of benzene rings is 1. The summed E-state index contributed by atoms with van der Waals surface area (Å²) in [6.07, 6.45) is 1.94. The maximum Gasteiger partial charge on any atom is 0.233 e. The second kappa shape index (κ2) is 6.09. The molecular weight excluding hydrogens is 324 g/mol. The fraction of sp³-hybridized carbons (Fsp3) is 0.143. The predicted octanol–water partition coefficient (Wildman–Crippen LogP) is 4.11. The first-order chi connectivity index (χ1) is 9.22. The van der Waals surface area contributed by atoms with Crippen LogP contribution in [0.1, 0.15) is 5.56 Å². The lowest BCUT2D eigenvalue weighted by Gasteiger charge is -2.13. The SMILES string of the molecule is COc1nc(SC)c(Br)c(-c2ccccc2)c1C#N. The molecule has 0 unspecified atom stereocenters. The van der Waals surface area contributed by atoms with Gasteiger partial charge in [0.25, 0.3) is 0 Å². The zero-order valence-corrected chi connectivity index (χ0v) is 12.9. The fourth-order valence-corrected chi connectivity index (χ4v) is 3.24. The van der Waals surface area contributed by atoms with Gasteiger partial charge in [0.05, 0.1) is 11.6 Å². The van der Waals surface area contributed by atoms with Gasteiger partial charge in [0.2, 0.25) is 5.88 Å². The molecule has 3 nitrogen and oxygen atoms in total. The van der Waals surface area contributed by atoms with E-state index in [-0.39, 0.29) is 0 Å². The normalized spacial score (nSPS) is 10.0. The largest absolute Gasteiger partial charge is 0.480 e. The van der Waals surface area contributed by atoms with Crippen molar-refractivity contribution in [1.29, 1.82) is 5.26 Å². The van der Waals surface area contributed by atoms with E-state index in [9.17, 15) is 5.26 Å². The van der Waals surface area contributed by atoms with Crippen molar-refractivity contribution in [2.75, 3.05) is 13.4 Å². The molecule has 5 heteroatoms. The van der Waals surface area contributed by atoms with Crippen molar-refractivity contribution in [3.63, 3.8) is 0 Å². The van der Waals surface area contributed by atoms with Gasteiger partial charge in [-0.05, 0) is 27.7 Å². The third-order valence-electron chi connectivity index (χ3n) is 2.64. The third-order valence-corrected chi connectivity index (χ3v) is 4.35. The highest BCUT2D eigenvalue weighted by molar-refractivity contribution is 9.10. The van der Waals surface area contributed by atoms with E-state index < -0.39 is 0 Å². The molecule has 0 aliphatic carbocycles. The van der Waals surface area contributed by atoms with E-state index in [2.05, 4.69) is 27.0 Å². The highest BCUT2D eigenvalue weighted by Gasteiger charge is 2.19. The minimum Gasteiger partial charge on any atom is -0.480 e. The van der Waals surface area contributed by atoms with Crippen molar-refractivity contribution < 1.29 is 4.74 Å². The molecule has 0 radical (unpaired) electrons. The summed E-state index contributed by atoms with van der Waals surface area (Å²) < 4.78 is 6.05. The molecule has 0 saturated carbocycles. The highest BCUT2D eigenvalue weighted by atomic mass is 79.9. The average molecular weight is 335 g/mol. The van der Waals surface area contributed by atoms with Gasteiger partial charge in [0.1, 0.15) is 16.7 Å². The summed E-state index contributed by atoms with van der Waals surface area (Å²) >= 11 is 5.05. The van der Waals surface area contributed by atoms with Crippen LogP contribution in [0.2, 0.25) is 0 Å². The number of rotatable bonds is 3. The van der Waals surface area contributed by atoms with E-state index in [1.165, 1.54) is 18.9 Å². The van der Waals surface area contributed by atoms with E-state index in [1.807, 2.05) is 36.6 Å². The summed E-state index contributed by atoms with van der Waals surface area (Å²) in [5.41, 5.74) is 2.22. The molecule has 19 heavy (non-hydrogen) atoms. The molecule has 96 valence electrons. The van der Waals surface area contributed by atoms with Crippen molar-refractivity contribution in [2.24, 2.45) is 0 Å². The second-order valence-electron chi connectivity index (χ2n) is 3.67. The molecular formula is C14H11BrN2OS. The number of pyridine rings is 1. The zero-order valence-electron chi connectivity index (χ0n) is 10.5. The third kappa shape index (κ3) is 2.60. The Morgan fingerprint density at radius 2 is 2.00 bits per heavy atom. The van der Waals surface area contributed by atoms with Gasteiger partial charge in [-0.3, -0.25) is 0 Å². The van der Waals surface area contributed by atoms with E-state index >= 15 is 0 Å². The van der Waals surface area contributed by atoms with Gasteiger partial charge in [-0.15, -0.1) is 11.8 Å². The maximum absolute atomic E-state index is 9.38. The first-order valence-electron chi connectivity index (χ1n) is 5.50. The van der Waals surface area contributed by atoms with Crippen molar-refractivity contribution in [2.45, 2.75) is 5.03 Å². The molecule has 0 aliphatic heterocycles. The number of nitriles is 1. The van der Waals surface area contributed by atoms with Crippen molar-refractivity contribution >= 4 is 27.7 Å². The highest BCUT2D eigenvalue weighted by Crippen LogP contribution is 2.40. The molecule has 0 N–H and O–H groups in total. The monoisotopic (exact) mass is 334 g/mol. The zero-order chi connectivity index (χ0) is 13.8. The number of aromatic nitrogens is 1. The fourth-order valence-electron chi connectivity index (χ4n) is 1.78. The molecule has 0 spiro atoms. The van der Waals surface area contributed by atoms with Crippen LogP contribution < -0.4 is 4.74 Å². The summed E-state index contributed by atoms with van der Waals surface area (Å²) in [5, 5.41) is 10.2. The Labute approximate surface area is 124 Å². The van der Waals surface area contributed by atoms with Crippen LogP contribution in [-0.2, 0) is 0 Å². The lowest BCUT2D eigenvalue weighted by molar-refractivity contribution is 0.393. The first kappa shape index (κ1) is 13.9. The second-order valence-corrected chi connectivity index (χ2v) is 5.26. The van der Waals surface area contributed by atoms with Crippen LogP contribution in [0, 0.1) is 11.3 Å². The van der Waals surface area contributed by atoms with E-state index in [0.717, 1.165) is 20.6 Å². The lowest BCUT2D eigenvalue weighted by Crippen LogP contribution is -1.98. The van der Waals surface area contributed by atoms with Gasteiger partial charge < -0.3 is 4.74 Å². The van der Waals surface area contributed by atoms with Crippen molar-refractivity contribution in [3.05, 3.63) is 40.4 Å². The number of halogens is 1. The Morgan fingerprint density at radius 3 is 2.53 bits per heavy atom. The van der Waals surface area contributed by atoms with Crippen LogP contribution in [0.15, 0.2) is 39.8 Å².